The quantitative estimate of drug-likeness (QED) is 0.743. The van der Waals surface area contributed by atoms with Crippen molar-refractivity contribution < 1.29 is 27.8 Å². The highest BCUT2D eigenvalue weighted by Gasteiger charge is 2.35. The predicted molar refractivity (Wildman–Crippen MR) is 73.8 cm³/mol. The van der Waals surface area contributed by atoms with Gasteiger partial charge in [-0.3, -0.25) is 4.63 Å². The lowest BCUT2D eigenvalue weighted by atomic mass is 10.2. The van der Waals surface area contributed by atoms with E-state index < -0.39 is 26.8 Å². The Morgan fingerprint density at radius 2 is 2.09 bits per heavy atom. The van der Waals surface area contributed by atoms with Crippen molar-refractivity contribution in [2.24, 2.45) is 0 Å². The topological polar surface area (TPSA) is 117 Å². The van der Waals surface area contributed by atoms with Crippen molar-refractivity contribution in [3.05, 3.63) is 35.5 Å². The first-order chi connectivity index (χ1) is 10.5. The third-order valence-electron chi connectivity index (χ3n) is 3.02. The molecule has 0 spiro atoms. The smallest absolute Gasteiger partial charge is 0.414 e. The fraction of sp³-hybridized carbons (Fsp3) is 0.385. The van der Waals surface area contributed by atoms with Gasteiger partial charge in [-0.2, -0.15) is 0 Å². The highest BCUT2D eigenvalue weighted by atomic mass is 32.2. The Hall–Kier alpha value is -2.13. The van der Waals surface area contributed by atoms with E-state index in [9.17, 15) is 18.7 Å². The zero-order chi connectivity index (χ0) is 16.2. The molecule has 1 aromatic heterocycles. The van der Waals surface area contributed by atoms with Gasteiger partial charge in [0.1, 0.15) is 0 Å². The Morgan fingerprint density at radius 3 is 2.73 bits per heavy atom. The SMILES string of the molecule is CCC(O)CCOc1no[n+]([O-])c1S(=O)(=O)c1ccccc1. The summed E-state index contributed by atoms with van der Waals surface area (Å²) in [5.74, 6) is -0.415. The first kappa shape index (κ1) is 16.2. The molecule has 0 aliphatic rings. The van der Waals surface area contributed by atoms with Gasteiger partial charge in [0.05, 0.1) is 22.8 Å². The molecule has 1 atom stereocenters. The highest BCUT2D eigenvalue weighted by Crippen LogP contribution is 2.24. The normalized spacial score (nSPS) is 13.0. The van der Waals surface area contributed by atoms with Crippen molar-refractivity contribution in [2.45, 2.75) is 35.8 Å². The molecular weight excluding hydrogens is 312 g/mol. The summed E-state index contributed by atoms with van der Waals surface area (Å²) in [6.45, 7) is 1.82. The molecule has 120 valence electrons. The lowest BCUT2D eigenvalue weighted by molar-refractivity contribution is -0.832. The van der Waals surface area contributed by atoms with Gasteiger partial charge >= 0.3 is 10.9 Å². The molecule has 0 fully saturated rings. The number of nitrogens with zero attached hydrogens (tertiary/aromatic N) is 2. The number of rotatable bonds is 7. The minimum atomic E-state index is -4.11. The van der Waals surface area contributed by atoms with E-state index in [0.717, 1.165) is 0 Å². The number of ether oxygens (including phenoxy) is 1. The minimum Gasteiger partial charge on any atom is -0.454 e. The molecule has 1 aromatic carbocycles. The number of benzene rings is 1. The van der Waals surface area contributed by atoms with Crippen LogP contribution in [0.4, 0.5) is 0 Å². The summed E-state index contributed by atoms with van der Waals surface area (Å²) in [5.41, 5.74) is 0. The van der Waals surface area contributed by atoms with E-state index in [0.29, 0.717) is 6.42 Å². The molecule has 2 rings (SSSR count). The molecule has 9 heteroatoms. The van der Waals surface area contributed by atoms with Crippen molar-refractivity contribution in [1.82, 2.24) is 5.16 Å². The summed E-state index contributed by atoms with van der Waals surface area (Å²) >= 11 is 0. The fourth-order valence-corrected chi connectivity index (χ4v) is 3.03. The van der Waals surface area contributed by atoms with Gasteiger partial charge in [0.15, 0.2) is 0 Å². The van der Waals surface area contributed by atoms with E-state index in [1.54, 1.807) is 13.0 Å². The zero-order valence-corrected chi connectivity index (χ0v) is 12.7. The number of aliphatic hydroxyl groups excluding tert-OH is 1. The Labute approximate surface area is 127 Å². The van der Waals surface area contributed by atoms with Gasteiger partial charge in [-0.1, -0.05) is 25.1 Å². The van der Waals surface area contributed by atoms with Crippen LogP contribution in [0.3, 0.4) is 0 Å². The van der Waals surface area contributed by atoms with Crippen LogP contribution >= 0.6 is 0 Å². The first-order valence-electron chi connectivity index (χ1n) is 6.67. The fourth-order valence-electron chi connectivity index (χ4n) is 1.74. The molecule has 1 N–H and O–H groups in total. The maximum atomic E-state index is 12.4. The number of hydrogen-bond acceptors (Lipinski definition) is 7. The van der Waals surface area contributed by atoms with Gasteiger partial charge in [0.25, 0.3) is 9.84 Å². The molecule has 0 radical (unpaired) electrons. The zero-order valence-electron chi connectivity index (χ0n) is 11.9. The van der Waals surface area contributed by atoms with E-state index in [1.165, 1.54) is 24.3 Å². The first-order valence-corrected chi connectivity index (χ1v) is 8.15. The van der Waals surface area contributed by atoms with Crippen LogP contribution in [0.1, 0.15) is 19.8 Å². The number of aromatic nitrogens is 2. The molecular formula is C13H16N2O6S. The average Bonchev–Trinajstić information content (AvgIpc) is 2.89. The molecule has 1 heterocycles. The van der Waals surface area contributed by atoms with Gasteiger partial charge in [-0.25, -0.2) is 8.42 Å². The van der Waals surface area contributed by atoms with Crippen LogP contribution in [0, 0.1) is 5.21 Å². The summed E-state index contributed by atoms with van der Waals surface area (Å²) in [6.07, 6.45) is 0.256. The second-order valence-electron chi connectivity index (χ2n) is 4.56. The van der Waals surface area contributed by atoms with Crippen molar-refractivity contribution in [1.29, 1.82) is 0 Å². The molecule has 22 heavy (non-hydrogen) atoms. The average molecular weight is 328 g/mol. The van der Waals surface area contributed by atoms with Crippen LogP contribution in [0.15, 0.2) is 44.9 Å². The van der Waals surface area contributed by atoms with Crippen molar-refractivity contribution >= 4 is 9.84 Å². The Balaban J connectivity index is 2.26. The van der Waals surface area contributed by atoms with Crippen LogP contribution in [0.25, 0.3) is 0 Å². The van der Waals surface area contributed by atoms with Crippen molar-refractivity contribution in [3.8, 4) is 5.88 Å². The maximum Gasteiger partial charge on any atom is 0.414 e. The second-order valence-corrected chi connectivity index (χ2v) is 6.42. The molecule has 8 nitrogen and oxygen atoms in total. The van der Waals surface area contributed by atoms with E-state index in [2.05, 4.69) is 9.79 Å². The number of sulfone groups is 1. The number of hydrogen-bond donors (Lipinski definition) is 1. The monoisotopic (exact) mass is 328 g/mol. The van der Waals surface area contributed by atoms with Gasteiger partial charge in [-0.15, -0.1) is 0 Å². The van der Waals surface area contributed by atoms with Gasteiger partial charge in [0, 0.05) is 6.42 Å². The Kier molecular flexibility index (Phi) is 4.99. The molecule has 0 saturated carbocycles. The van der Waals surface area contributed by atoms with E-state index in [-0.39, 0.29) is 22.8 Å². The summed E-state index contributed by atoms with van der Waals surface area (Å²) < 4.78 is 34.4. The molecule has 1 unspecified atom stereocenters. The van der Waals surface area contributed by atoms with Crippen LogP contribution in [-0.2, 0) is 9.84 Å². The summed E-state index contributed by atoms with van der Waals surface area (Å²) in [5, 5.41) is 23.7. The van der Waals surface area contributed by atoms with Gasteiger partial charge < -0.3 is 15.1 Å². The third kappa shape index (κ3) is 3.37. The lowest BCUT2D eigenvalue weighted by Gasteiger charge is -2.06. The van der Waals surface area contributed by atoms with Crippen LogP contribution in [0.5, 0.6) is 5.88 Å². The summed E-state index contributed by atoms with van der Waals surface area (Å²) in [6, 6.07) is 7.43. The minimum absolute atomic E-state index is 0.0127. The molecule has 0 bridgehead atoms. The maximum absolute atomic E-state index is 12.4. The van der Waals surface area contributed by atoms with Gasteiger partial charge in [-0.05, 0) is 23.5 Å². The van der Waals surface area contributed by atoms with Crippen LogP contribution in [-0.4, -0.2) is 31.4 Å². The molecule has 2 aromatic rings. The third-order valence-corrected chi connectivity index (χ3v) is 4.74. The Bertz CT molecular complexity index is 713. The highest BCUT2D eigenvalue weighted by molar-refractivity contribution is 7.91. The standard InChI is InChI=1S/C13H16N2O6S/c1-2-10(16)8-9-20-12-13(15(17)21-14-12)22(18,19)11-6-4-3-5-7-11/h3-7,10,16H,2,8-9H2,1H3. The van der Waals surface area contributed by atoms with Crippen molar-refractivity contribution in [3.63, 3.8) is 0 Å². The van der Waals surface area contributed by atoms with E-state index in [4.69, 9.17) is 4.74 Å². The molecule has 0 amide bonds. The van der Waals surface area contributed by atoms with Crippen LogP contribution < -0.4 is 9.64 Å². The predicted octanol–water partition coefficient (Wildman–Crippen LogP) is 0.681. The summed E-state index contributed by atoms with van der Waals surface area (Å²) in [4.78, 5) is -0.269. The Morgan fingerprint density at radius 1 is 1.41 bits per heavy atom. The van der Waals surface area contributed by atoms with Crippen LogP contribution in [0.2, 0.25) is 0 Å². The van der Waals surface area contributed by atoms with Crippen molar-refractivity contribution in [2.75, 3.05) is 6.61 Å². The lowest BCUT2D eigenvalue weighted by Crippen LogP contribution is -2.31. The second kappa shape index (κ2) is 6.75. The molecule has 0 aliphatic carbocycles. The number of aliphatic hydroxyl groups is 1. The largest absolute Gasteiger partial charge is 0.454 e. The van der Waals surface area contributed by atoms with Gasteiger partial charge in [0.2, 0.25) is 0 Å². The molecule has 0 aliphatic heterocycles. The summed E-state index contributed by atoms with van der Waals surface area (Å²) in [7, 11) is -4.11. The van der Waals surface area contributed by atoms with E-state index >= 15 is 0 Å². The van der Waals surface area contributed by atoms with E-state index in [1.807, 2.05) is 0 Å². The molecule has 0 saturated heterocycles.